The first-order valence-electron chi connectivity index (χ1n) is 11.0. The van der Waals surface area contributed by atoms with Crippen LogP contribution in [0.5, 0.6) is 0 Å². The van der Waals surface area contributed by atoms with E-state index >= 15 is 0 Å². The summed E-state index contributed by atoms with van der Waals surface area (Å²) in [7, 11) is 0. The molecule has 7 nitrogen and oxygen atoms in total. The Labute approximate surface area is 190 Å². The average molecular weight is 451 g/mol. The highest BCUT2D eigenvalue weighted by atomic mass is 32.1. The third kappa shape index (κ3) is 3.94. The van der Waals surface area contributed by atoms with E-state index in [1.807, 2.05) is 26.0 Å². The molecule has 2 N–H and O–H groups in total. The highest BCUT2D eigenvalue weighted by Crippen LogP contribution is 2.37. The van der Waals surface area contributed by atoms with Crippen LogP contribution in [-0.4, -0.2) is 44.6 Å². The lowest BCUT2D eigenvalue weighted by atomic mass is 9.98. The quantitative estimate of drug-likeness (QED) is 0.572. The second-order valence-electron chi connectivity index (χ2n) is 8.64. The number of ketones is 1. The zero-order valence-corrected chi connectivity index (χ0v) is 18.9. The molecule has 166 valence electrons. The Morgan fingerprint density at radius 2 is 2.19 bits per heavy atom. The molecule has 5 rings (SSSR count). The Morgan fingerprint density at radius 1 is 1.31 bits per heavy atom. The van der Waals surface area contributed by atoms with Crippen molar-refractivity contribution in [2.45, 2.75) is 51.4 Å². The van der Waals surface area contributed by atoms with Crippen molar-refractivity contribution in [3.63, 3.8) is 0 Å². The number of anilines is 1. The summed E-state index contributed by atoms with van der Waals surface area (Å²) in [5, 5.41) is 13.4. The van der Waals surface area contributed by atoms with Gasteiger partial charge in [-0.1, -0.05) is 13.0 Å². The lowest BCUT2D eigenvalue weighted by molar-refractivity contribution is 0.0663. The maximum absolute atomic E-state index is 13.4. The first-order chi connectivity index (χ1) is 15.5. The molecule has 1 aliphatic heterocycles. The Kier molecular flexibility index (Phi) is 5.75. The molecule has 8 heteroatoms. The van der Waals surface area contributed by atoms with Crippen LogP contribution in [0.3, 0.4) is 0 Å². The molecular formula is C24H26N4O3S. The fourth-order valence-electron chi connectivity index (χ4n) is 4.65. The Balaban J connectivity index is 1.42. The lowest BCUT2D eigenvalue weighted by Crippen LogP contribution is -2.20. The van der Waals surface area contributed by atoms with Gasteiger partial charge < -0.3 is 15.2 Å². The fraction of sp³-hybridized carbons (Fsp3) is 0.417. The second kappa shape index (κ2) is 8.69. The molecule has 0 radical (unpaired) electrons. The number of aryl methyl sites for hydroxylation is 1. The Bertz CT molecular complexity index is 1140. The molecule has 4 heterocycles. The van der Waals surface area contributed by atoms with E-state index in [1.165, 1.54) is 23.2 Å². The molecule has 3 aromatic heterocycles. The molecule has 32 heavy (non-hydrogen) atoms. The van der Waals surface area contributed by atoms with E-state index < -0.39 is 0 Å². The zero-order valence-electron chi connectivity index (χ0n) is 18.1. The summed E-state index contributed by atoms with van der Waals surface area (Å²) in [4.78, 5) is 28.1. The third-order valence-electron chi connectivity index (χ3n) is 6.43. The zero-order chi connectivity index (χ0) is 22.2. The largest absolute Gasteiger partial charge is 0.393 e. The number of aliphatic hydroxyl groups is 1. The number of fused-ring (bicyclic) bond motifs is 1. The van der Waals surface area contributed by atoms with Crippen molar-refractivity contribution in [2.75, 3.05) is 11.9 Å². The summed E-state index contributed by atoms with van der Waals surface area (Å²) in [6, 6.07) is 6.05. The highest BCUT2D eigenvalue weighted by Gasteiger charge is 2.32. The first kappa shape index (κ1) is 21.2. The van der Waals surface area contributed by atoms with Crippen LogP contribution in [-0.2, 0) is 11.2 Å². The smallest absolute Gasteiger partial charge is 0.208 e. The number of pyridine rings is 1. The average Bonchev–Trinajstić information content (AvgIpc) is 3.34. The SMILES string of the molecule is Cc1sc(C(=O)c2cncnc2N[C@@H]2C[C@@H](C)[C@@H](O)C2)cc1[C@@H]1OCCc2cccnc21. The van der Waals surface area contributed by atoms with E-state index in [0.29, 0.717) is 29.3 Å². The van der Waals surface area contributed by atoms with Crippen molar-refractivity contribution in [1.29, 1.82) is 0 Å². The number of aliphatic hydroxyl groups excluding tert-OH is 1. The monoisotopic (exact) mass is 450 g/mol. The van der Waals surface area contributed by atoms with E-state index in [2.05, 4.69) is 26.3 Å². The van der Waals surface area contributed by atoms with Gasteiger partial charge in [-0.15, -0.1) is 11.3 Å². The minimum atomic E-state index is -0.331. The van der Waals surface area contributed by atoms with Crippen molar-refractivity contribution < 1.29 is 14.6 Å². The number of nitrogens with zero attached hydrogens (tertiary/aromatic N) is 3. The number of thiophene rings is 1. The summed E-state index contributed by atoms with van der Waals surface area (Å²) in [6.07, 6.45) is 6.53. The Morgan fingerprint density at radius 3 is 3.00 bits per heavy atom. The molecule has 0 unspecified atom stereocenters. The predicted octanol–water partition coefficient (Wildman–Crippen LogP) is 3.71. The predicted molar refractivity (Wildman–Crippen MR) is 122 cm³/mol. The van der Waals surface area contributed by atoms with Crippen molar-refractivity contribution in [3.8, 4) is 0 Å². The Hall–Kier alpha value is -2.68. The molecular weight excluding hydrogens is 424 g/mol. The van der Waals surface area contributed by atoms with Gasteiger partial charge in [0.2, 0.25) is 5.78 Å². The van der Waals surface area contributed by atoms with Gasteiger partial charge in [-0.3, -0.25) is 9.78 Å². The maximum Gasteiger partial charge on any atom is 0.208 e. The van der Waals surface area contributed by atoms with Crippen molar-refractivity contribution in [1.82, 2.24) is 15.0 Å². The van der Waals surface area contributed by atoms with Gasteiger partial charge in [0.1, 0.15) is 18.2 Å². The number of hydrogen-bond donors (Lipinski definition) is 2. The minimum Gasteiger partial charge on any atom is -0.393 e. The summed E-state index contributed by atoms with van der Waals surface area (Å²) in [6.45, 7) is 4.68. The topological polar surface area (TPSA) is 97.2 Å². The van der Waals surface area contributed by atoms with Gasteiger partial charge in [0.25, 0.3) is 0 Å². The summed E-state index contributed by atoms with van der Waals surface area (Å²) in [5.74, 6) is 0.629. The van der Waals surface area contributed by atoms with E-state index in [4.69, 9.17) is 4.74 Å². The number of hydrogen-bond acceptors (Lipinski definition) is 8. The van der Waals surface area contributed by atoms with Crippen LogP contribution in [0, 0.1) is 12.8 Å². The molecule has 4 atom stereocenters. The molecule has 1 fully saturated rings. The van der Waals surface area contributed by atoms with Crippen LogP contribution in [0.25, 0.3) is 0 Å². The first-order valence-corrected chi connectivity index (χ1v) is 11.8. The van der Waals surface area contributed by atoms with Gasteiger partial charge in [-0.25, -0.2) is 9.97 Å². The number of rotatable bonds is 5. The van der Waals surface area contributed by atoms with Crippen molar-refractivity contribution in [3.05, 3.63) is 69.1 Å². The fourth-order valence-corrected chi connectivity index (χ4v) is 5.65. The standard InChI is InChI=1S/C24H26N4O3S/c1-13-8-16(9-19(13)29)28-24-18(11-25-12-27-24)22(30)20-10-17(14(2)32-20)23-21-15(5-7-31-23)4-3-6-26-21/h3-4,6,10-13,16,19,23,29H,5,7-9H2,1-2H3,(H,25,27,28)/t13-,16-,19+,23+/m1/s1. The van der Waals surface area contributed by atoms with Gasteiger partial charge >= 0.3 is 0 Å². The molecule has 0 aromatic carbocycles. The van der Waals surface area contributed by atoms with E-state index in [0.717, 1.165) is 29.0 Å². The van der Waals surface area contributed by atoms with Gasteiger partial charge in [0.05, 0.1) is 28.8 Å². The normalized spacial score (nSPS) is 24.8. The van der Waals surface area contributed by atoms with E-state index in [-0.39, 0.29) is 30.0 Å². The van der Waals surface area contributed by atoms with E-state index in [9.17, 15) is 9.90 Å². The van der Waals surface area contributed by atoms with Gasteiger partial charge in [0, 0.05) is 28.9 Å². The highest BCUT2D eigenvalue weighted by molar-refractivity contribution is 7.14. The molecule has 3 aromatic rings. The minimum absolute atomic E-state index is 0.0836. The number of ether oxygens (including phenoxy) is 1. The summed E-state index contributed by atoms with van der Waals surface area (Å²) >= 11 is 1.46. The molecule has 1 aliphatic carbocycles. The molecule has 0 bridgehead atoms. The number of carbonyl (C=O) groups excluding carboxylic acids is 1. The van der Waals surface area contributed by atoms with Gasteiger partial charge in [-0.05, 0) is 49.8 Å². The van der Waals surface area contributed by atoms with Gasteiger partial charge in [-0.2, -0.15) is 0 Å². The molecule has 0 saturated heterocycles. The van der Waals surface area contributed by atoms with Gasteiger partial charge in [0.15, 0.2) is 0 Å². The number of nitrogens with one attached hydrogen (secondary N) is 1. The molecule has 1 saturated carbocycles. The molecule has 0 spiro atoms. The lowest BCUT2D eigenvalue weighted by Gasteiger charge is -2.25. The van der Waals surface area contributed by atoms with Crippen LogP contribution in [0.1, 0.15) is 62.8 Å². The number of aromatic nitrogens is 3. The van der Waals surface area contributed by atoms with E-state index in [1.54, 1.807) is 12.4 Å². The van der Waals surface area contributed by atoms with Crippen LogP contribution in [0.15, 0.2) is 36.9 Å². The van der Waals surface area contributed by atoms with Crippen LogP contribution in [0.2, 0.25) is 0 Å². The summed E-state index contributed by atoms with van der Waals surface area (Å²) < 4.78 is 6.07. The number of carbonyl (C=O) groups is 1. The van der Waals surface area contributed by atoms with Crippen molar-refractivity contribution in [2.24, 2.45) is 5.92 Å². The van der Waals surface area contributed by atoms with Crippen LogP contribution < -0.4 is 5.32 Å². The summed E-state index contributed by atoms with van der Waals surface area (Å²) in [5.41, 5.74) is 3.55. The molecule has 2 aliphatic rings. The maximum atomic E-state index is 13.4. The van der Waals surface area contributed by atoms with Crippen LogP contribution >= 0.6 is 11.3 Å². The molecule has 0 amide bonds. The van der Waals surface area contributed by atoms with Crippen molar-refractivity contribution >= 4 is 22.9 Å². The third-order valence-corrected chi connectivity index (χ3v) is 7.49. The van der Waals surface area contributed by atoms with Crippen LogP contribution in [0.4, 0.5) is 5.82 Å². The second-order valence-corrected chi connectivity index (χ2v) is 9.90.